The molecule has 1 aromatic rings. The number of benzene rings is 1. The molecule has 0 aliphatic heterocycles. The molecule has 0 aliphatic carbocycles. The molecule has 36 heavy (non-hydrogen) atoms. The molecule has 1 unspecified atom stereocenters. The SMILES string of the molecule is CCCCOC(=O)C(Cc1ccc(OC(=O)C(F)(F)F)c(OC(=O)C(F)(F)F)c1)NC(=O)C(F)(F)F. The molecular formula is C19H16F9NO7. The Balaban J connectivity index is 3.34. The summed E-state index contributed by atoms with van der Waals surface area (Å²) >= 11 is 0. The zero-order valence-electron chi connectivity index (χ0n) is 17.9. The van der Waals surface area contributed by atoms with E-state index in [1.807, 2.05) is 0 Å². The number of carbonyl (C=O) groups is 4. The van der Waals surface area contributed by atoms with Crippen LogP contribution in [0.15, 0.2) is 18.2 Å². The minimum Gasteiger partial charge on any atom is -0.464 e. The molecule has 1 N–H and O–H groups in total. The van der Waals surface area contributed by atoms with Gasteiger partial charge < -0.3 is 19.5 Å². The molecule has 1 aromatic carbocycles. The van der Waals surface area contributed by atoms with Gasteiger partial charge in [0.05, 0.1) is 6.61 Å². The average Bonchev–Trinajstić information content (AvgIpc) is 2.72. The number of carbonyl (C=O) groups excluding carboxylic acids is 4. The van der Waals surface area contributed by atoms with Gasteiger partial charge in [0.2, 0.25) is 0 Å². The monoisotopic (exact) mass is 541 g/mol. The van der Waals surface area contributed by atoms with Gasteiger partial charge in [-0.3, -0.25) is 4.79 Å². The fraction of sp³-hybridized carbons (Fsp3) is 0.474. The van der Waals surface area contributed by atoms with Crippen LogP contribution >= 0.6 is 0 Å². The first-order valence-electron chi connectivity index (χ1n) is 9.61. The first kappa shape index (κ1) is 30.5. The summed E-state index contributed by atoms with van der Waals surface area (Å²) in [6.07, 6.45) is -16.8. The molecule has 0 heterocycles. The minimum absolute atomic E-state index is 0.255. The zero-order chi connectivity index (χ0) is 27.9. The third-order valence-electron chi connectivity index (χ3n) is 3.91. The van der Waals surface area contributed by atoms with Crippen molar-refractivity contribution in [1.29, 1.82) is 0 Å². The van der Waals surface area contributed by atoms with Gasteiger partial charge in [-0.05, 0) is 24.1 Å². The molecule has 0 radical (unpaired) electrons. The van der Waals surface area contributed by atoms with E-state index >= 15 is 0 Å². The largest absolute Gasteiger partial charge is 0.491 e. The van der Waals surface area contributed by atoms with Crippen LogP contribution in [0, 0.1) is 0 Å². The molecular weight excluding hydrogens is 525 g/mol. The Kier molecular flexibility index (Phi) is 10.1. The van der Waals surface area contributed by atoms with Crippen molar-refractivity contribution in [2.75, 3.05) is 6.61 Å². The van der Waals surface area contributed by atoms with Crippen molar-refractivity contribution >= 4 is 23.8 Å². The van der Waals surface area contributed by atoms with Gasteiger partial charge in [-0.15, -0.1) is 0 Å². The molecule has 0 spiro atoms. The second-order valence-electron chi connectivity index (χ2n) is 6.80. The quantitative estimate of drug-likeness (QED) is 0.221. The first-order chi connectivity index (χ1) is 16.4. The molecule has 0 fully saturated rings. The highest BCUT2D eigenvalue weighted by molar-refractivity contribution is 5.88. The Morgan fingerprint density at radius 3 is 1.83 bits per heavy atom. The van der Waals surface area contributed by atoms with E-state index < -0.39 is 71.9 Å². The number of hydrogen-bond donors (Lipinski definition) is 1. The molecule has 8 nitrogen and oxygen atoms in total. The van der Waals surface area contributed by atoms with Gasteiger partial charge in [0.25, 0.3) is 0 Å². The fourth-order valence-electron chi connectivity index (χ4n) is 2.25. The number of ether oxygens (including phenoxy) is 3. The summed E-state index contributed by atoms with van der Waals surface area (Å²) in [4.78, 5) is 45.6. The third kappa shape index (κ3) is 9.61. The van der Waals surface area contributed by atoms with Gasteiger partial charge in [-0.2, -0.15) is 39.5 Å². The number of alkyl halides is 9. The maximum atomic E-state index is 12.6. The van der Waals surface area contributed by atoms with Crippen LogP contribution < -0.4 is 14.8 Å². The maximum Gasteiger partial charge on any atom is 0.491 e. The smallest absolute Gasteiger partial charge is 0.464 e. The predicted molar refractivity (Wildman–Crippen MR) is 97.4 cm³/mol. The standard InChI is InChI=1S/C19H16F9NO7/c1-2-3-6-34-13(30)10(29-14(31)17(20,21)22)7-9-4-5-11(35-15(32)18(23,24)25)12(8-9)36-16(33)19(26,27)28/h4-5,8,10H,2-3,6-7H2,1H3,(H,29,31). The fourth-order valence-corrected chi connectivity index (χ4v) is 2.25. The molecule has 0 aromatic heterocycles. The second kappa shape index (κ2) is 11.9. The number of esters is 3. The van der Waals surface area contributed by atoms with Crippen LogP contribution in [0.5, 0.6) is 11.5 Å². The van der Waals surface area contributed by atoms with Crippen molar-refractivity contribution in [2.24, 2.45) is 0 Å². The number of nitrogens with one attached hydrogen (secondary N) is 1. The zero-order valence-corrected chi connectivity index (χ0v) is 17.9. The molecule has 0 saturated carbocycles. The molecule has 1 rings (SSSR count). The van der Waals surface area contributed by atoms with Crippen molar-refractivity contribution in [2.45, 2.75) is 50.8 Å². The lowest BCUT2D eigenvalue weighted by atomic mass is 10.0. The Bertz CT molecular complexity index is 971. The minimum atomic E-state index is -5.65. The van der Waals surface area contributed by atoms with Crippen LogP contribution in [0.2, 0.25) is 0 Å². The topological polar surface area (TPSA) is 108 Å². The summed E-state index contributed by atoms with van der Waals surface area (Å²) < 4.78 is 126. The number of hydrogen-bond acceptors (Lipinski definition) is 7. The van der Waals surface area contributed by atoms with E-state index in [0.29, 0.717) is 25.0 Å². The van der Waals surface area contributed by atoms with E-state index in [0.717, 1.165) is 6.07 Å². The summed E-state index contributed by atoms with van der Waals surface area (Å²) in [5.41, 5.74) is -0.424. The molecule has 17 heteroatoms. The van der Waals surface area contributed by atoms with Crippen LogP contribution in [0.4, 0.5) is 39.5 Å². The van der Waals surface area contributed by atoms with E-state index in [9.17, 15) is 58.7 Å². The van der Waals surface area contributed by atoms with E-state index in [1.165, 1.54) is 5.32 Å². The van der Waals surface area contributed by atoms with Crippen LogP contribution in [0.3, 0.4) is 0 Å². The predicted octanol–water partition coefficient (Wildman–Crippen LogP) is 3.55. The number of rotatable bonds is 9. The number of unbranched alkanes of at least 4 members (excludes halogenated alkanes) is 1. The van der Waals surface area contributed by atoms with E-state index in [-0.39, 0.29) is 6.61 Å². The van der Waals surface area contributed by atoms with Gasteiger partial charge in [-0.25, -0.2) is 14.4 Å². The Labute approximate surface area is 195 Å². The highest BCUT2D eigenvalue weighted by Crippen LogP contribution is 2.33. The molecule has 0 saturated heterocycles. The third-order valence-corrected chi connectivity index (χ3v) is 3.91. The maximum absolute atomic E-state index is 12.6. The molecule has 1 atom stereocenters. The van der Waals surface area contributed by atoms with Gasteiger partial charge in [0, 0.05) is 6.42 Å². The Hall–Kier alpha value is -3.53. The van der Waals surface area contributed by atoms with Crippen molar-refractivity contribution < 1.29 is 72.9 Å². The molecule has 1 amide bonds. The normalized spacial score (nSPS) is 12.9. The Morgan fingerprint density at radius 1 is 0.833 bits per heavy atom. The summed E-state index contributed by atoms with van der Waals surface area (Å²) in [7, 11) is 0. The van der Waals surface area contributed by atoms with Crippen LogP contribution in [-0.4, -0.2) is 55.0 Å². The van der Waals surface area contributed by atoms with Crippen molar-refractivity contribution in [3.05, 3.63) is 23.8 Å². The van der Waals surface area contributed by atoms with E-state index in [4.69, 9.17) is 4.74 Å². The molecule has 0 bridgehead atoms. The number of amides is 1. The van der Waals surface area contributed by atoms with Gasteiger partial charge in [0.1, 0.15) is 6.04 Å². The molecule has 202 valence electrons. The summed E-state index contributed by atoms with van der Waals surface area (Å²) in [6.45, 7) is 1.43. The average molecular weight is 541 g/mol. The summed E-state index contributed by atoms with van der Waals surface area (Å²) in [5.74, 6) is -12.5. The lowest BCUT2D eigenvalue weighted by molar-refractivity contribution is -0.191. The van der Waals surface area contributed by atoms with Crippen molar-refractivity contribution in [1.82, 2.24) is 5.32 Å². The summed E-state index contributed by atoms with van der Waals surface area (Å²) in [6, 6.07) is -0.501. The highest BCUT2D eigenvalue weighted by Gasteiger charge is 2.44. The van der Waals surface area contributed by atoms with Crippen molar-refractivity contribution in [3.63, 3.8) is 0 Å². The van der Waals surface area contributed by atoms with E-state index in [1.54, 1.807) is 6.92 Å². The van der Waals surface area contributed by atoms with Crippen molar-refractivity contribution in [3.8, 4) is 11.5 Å². The van der Waals surface area contributed by atoms with E-state index in [2.05, 4.69) is 9.47 Å². The van der Waals surface area contributed by atoms with Gasteiger partial charge in [0.15, 0.2) is 11.5 Å². The first-order valence-corrected chi connectivity index (χ1v) is 9.61. The van der Waals surface area contributed by atoms with Gasteiger partial charge in [-0.1, -0.05) is 19.4 Å². The summed E-state index contributed by atoms with van der Waals surface area (Å²) in [5, 5.41) is 1.32. The van der Waals surface area contributed by atoms with Crippen LogP contribution in [0.25, 0.3) is 0 Å². The van der Waals surface area contributed by atoms with Crippen LogP contribution in [0.1, 0.15) is 25.3 Å². The number of halogens is 9. The second-order valence-corrected chi connectivity index (χ2v) is 6.80. The van der Waals surface area contributed by atoms with Crippen LogP contribution in [-0.2, 0) is 30.3 Å². The lowest BCUT2D eigenvalue weighted by Gasteiger charge is -2.19. The molecule has 0 aliphatic rings. The van der Waals surface area contributed by atoms with Gasteiger partial charge >= 0.3 is 42.3 Å². The Morgan fingerprint density at radius 2 is 1.36 bits per heavy atom. The highest BCUT2D eigenvalue weighted by atomic mass is 19.4. The lowest BCUT2D eigenvalue weighted by Crippen LogP contribution is -2.48.